The molecule has 0 bridgehead atoms. The van der Waals surface area contributed by atoms with Gasteiger partial charge in [-0.25, -0.2) is 0 Å². The molecule has 3 heteroatoms. The van der Waals surface area contributed by atoms with Crippen LogP contribution >= 0.6 is 11.8 Å². The summed E-state index contributed by atoms with van der Waals surface area (Å²) in [6, 6.07) is 10.1. The number of carbonyl (C=O) groups excluding carboxylic acids is 1. The van der Waals surface area contributed by atoms with Crippen molar-refractivity contribution in [3.05, 3.63) is 30.3 Å². The molecule has 88 valence electrons. The zero-order valence-corrected chi connectivity index (χ0v) is 10.8. The summed E-state index contributed by atoms with van der Waals surface area (Å²) in [5.41, 5.74) is -0.380. The van der Waals surface area contributed by atoms with E-state index in [2.05, 4.69) is 0 Å². The van der Waals surface area contributed by atoms with Crippen LogP contribution in [-0.4, -0.2) is 17.3 Å². The number of rotatable bonds is 4. The molecular formula is C13H18O2S. The Hall–Kier alpha value is -0.960. The predicted molar refractivity (Wildman–Crippen MR) is 67.6 cm³/mol. The van der Waals surface area contributed by atoms with Crippen molar-refractivity contribution in [2.45, 2.75) is 37.7 Å². The first-order chi connectivity index (χ1) is 7.47. The van der Waals surface area contributed by atoms with Gasteiger partial charge in [-0.15, -0.1) is 11.8 Å². The molecule has 1 aromatic rings. The van der Waals surface area contributed by atoms with Gasteiger partial charge in [0.1, 0.15) is 5.60 Å². The zero-order valence-electron chi connectivity index (χ0n) is 10.0. The van der Waals surface area contributed by atoms with Gasteiger partial charge in [0.05, 0.1) is 6.42 Å². The van der Waals surface area contributed by atoms with Crippen LogP contribution in [0.1, 0.15) is 27.2 Å². The summed E-state index contributed by atoms with van der Waals surface area (Å²) in [6.07, 6.45) is 0.455. The summed E-state index contributed by atoms with van der Waals surface area (Å²) in [6.45, 7) is 5.65. The molecular weight excluding hydrogens is 220 g/mol. The Kier molecular flexibility index (Phi) is 4.87. The zero-order chi connectivity index (χ0) is 12.0. The fraction of sp³-hybridized carbons (Fsp3) is 0.462. The smallest absolute Gasteiger partial charge is 0.307 e. The summed E-state index contributed by atoms with van der Waals surface area (Å²) < 4.78 is 5.22. The molecule has 16 heavy (non-hydrogen) atoms. The van der Waals surface area contributed by atoms with Crippen molar-refractivity contribution in [2.75, 3.05) is 5.75 Å². The second kappa shape index (κ2) is 5.94. The first-order valence-electron chi connectivity index (χ1n) is 5.37. The minimum absolute atomic E-state index is 0.129. The lowest BCUT2D eigenvalue weighted by Crippen LogP contribution is -2.23. The van der Waals surface area contributed by atoms with Crippen LogP contribution in [0.2, 0.25) is 0 Å². The van der Waals surface area contributed by atoms with E-state index in [1.807, 2.05) is 51.1 Å². The van der Waals surface area contributed by atoms with Crippen LogP contribution in [0.3, 0.4) is 0 Å². The monoisotopic (exact) mass is 238 g/mol. The van der Waals surface area contributed by atoms with Crippen LogP contribution in [-0.2, 0) is 9.53 Å². The second-order valence-electron chi connectivity index (χ2n) is 4.50. The summed E-state index contributed by atoms with van der Waals surface area (Å²) in [4.78, 5) is 12.6. The molecule has 0 aliphatic rings. The highest BCUT2D eigenvalue weighted by molar-refractivity contribution is 7.99. The molecule has 0 saturated carbocycles. The van der Waals surface area contributed by atoms with Gasteiger partial charge in [-0.05, 0) is 32.9 Å². The second-order valence-corrected chi connectivity index (χ2v) is 5.67. The highest BCUT2D eigenvalue weighted by Crippen LogP contribution is 2.18. The fourth-order valence-electron chi connectivity index (χ4n) is 1.16. The first kappa shape index (κ1) is 13.1. The van der Waals surface area contributed by atoms with Crippen molar-refractivity contribution >= 4 is 17.7 Å². The lowest BCUT2D eigenvalue weighted by Gasteiger charge is -2.19. The average molecular weight is 238 g/mol. The average Bonchev–Trinajstić information content (AvgIpc) is 2.16. The number of hydrogen-bond donors (Lipinski definition) is 0. The van der Waals surface area contributed by atoms with E-state index >= 15 is 0 Å². The largest absolute Gasteiger partial charge is 0.460 e. The predicted octanol–water partition coefficient (Wildman–Crippen LogP) is 3.51. The molecule has 0 unspecified atom stereocenters. The summed E-state index contributed by atoms with van der Waals surface area (Å²) in [7, 11) is 0. The van der Waals surface area contributed by atoms with E-state index in [0.29, 0.717) is 6.42 Å². The van der Waals surface area contributed by atoms with E-state index in [1.165, 1.54) is 4.90 Å². The maximum Gasteiger partial charge on any atom is 0.307 e. The molecule has 1 aromatic carbocycles. The molecule has 0 amide bonds. The Morgan fingerprint density at radius 3 is 2.44 bits per heavy atom. The summed E-state index contributed by atoms with van der Waals surface area (Å²) >= 11 is 1.67. The van der Waals surface area contributed by atoms with Crippen LogP contribution < -0.4 is 0 Å². The van der Waals surface area contributed by atoms with Crippen LogP contribution in [0.5, 0.6) is 0 Å². The summed E-state index contributed by atoms with van der Waals surface area (Å²) in [5.74, 6) is 0.634. The molecule has 0 spiro atoms. The van der Waals surface area contributed by atoms with Crippen LogP contribution in [0.4, 0.5) is 0 Å². The summed E-state index contributed by atoms with van der Waals surface area (Å²) in [5, 5.41) is 0. The Labute approximate surface area is 101 Å². The SMILES string of the molecule is CC(C)(C)OC(=O)CCSc1ccccc1. The van der Waals surface area contributed by atoms with Crippen molar-refractivity contribution in [3.63, 3.8) is 0 Å². The molecule has 1 rings (SSSR count). The minimum Gasteiger partial charge on any atom is -0.460 e. The molecule has 0 atom stereocenters. The molecule has 0 aliphatic carbocycles. The molecule has 2 nitrogen and oxygen atoms in total. The van der Waals surface area contributed by atoms with Crippen molar-refractivity contribution < 1.29 is 9.53 Å². The minimum atomic E-state index is -0.380. The molecule has 0 fully saturated rings. The third kappa shape index (κ3) is 5.81. The number of carbonyl (C=O) groups is 1. The third-order valence-electron chi connectivity index (χ3n) is 1.74. The van der Waals surface area contributed by atoms with Gasteiger partial charge in [0, 0.05) is 10.6 Å². The topological polar surface area (TPSA) is 26.3 Å². The van der Waals surface area contributed by atoms with Gasteiger partial charge in [-0.3, -0.25) is 4.79 Å². The number of esters is 1. The number of benzene rings is 1. The van der Waals surface area contributed by atoms with Crippen LogP contribution in [0.25, 0.3) is 0 Å². The third-order valence-corrected chi connectivity index (χ3v) is 2.75. The van der Waals surface area contributed by atoms with Crippen molar-refractivity contribution in [3.8, 4) is 0 Å². The van der Waals surface area contributed by atoms with Gasteiger partial charge >= 0.3 is 5.97 Å². The van der Waals surface area contributed by atoms with E-state index in [0.717, 1.165) is 5.75 Å². The number of hydrogen-bond acceptors (Lipinski definition) is 3. The molecule has 0 N–H and O–H groups in total. The van der Waals surface area contributed by atoms with E-state index < -0.39 is 0 Å². The first-order valence-corrected chi connectivity index (χ1v) is 6.36. The van der Waals surface area contributed by atoms with Gasteiger partial charge in [-0.1, -0.05) is 18.2 Å². The number of ether oxygens (including phenoxy) is 1. The lowest BCUT2D eigenvalue weighted by molar-refractivity contribution is -0.154. The molecule has 0 aromatic heterocycles. The molecule has 0 aliphatic heterocycles. The fourth-order valence-corrected chi connectivity index (χ4v) is 2.02. The van der Waals surface area contributed by atoms with E-state index in [1.54, 1.807) is 11.8 Å². The molecule has 0 radical (unpaired) electrons. The normalized spacial score (nSPS) is 11.2. The van der Waals surface area contributed by atoms with Gasteiger partial charge < -0.3 is 4.74 Å². The van der Waals surface area contributed by atoms with E-state index in [4.69, 9.17) is 4.74 Å². The highest BCUT2D eigenvalue weighted by Gasteiger charge is 2.15. The van der Waals surface area contributed by atoms with Crippen LogP contribution in [0.15, 0.2) is 35.2 Å². The molecule has 0 heterocycles. The quantitative estimate of drug-likeness (QED) is 0.593. The van der Waals surface area contributed by atoms with Gasteiger partial charge in [0.2, 0.25) is 0 Å². The van der Waals surface area contributed by atoms with E-state index in [9.17, 15) is 4.79 Å². The van der Waals surface area contributed by atoms with Crippen LogP contribution in [0, 0.1) is 0 Å². The lowest BCUT2D eigenvalue weighted by atomic mass is 10.2. The van der Waals surface area contributed by atoms with Gasteiger partial charge in [0.25, 0.3) is 0 Å². The van der Waals surface area contributed by atoms with Crippen molar-refractivity contribution in [1.82, 2.24) is 0 Å². The Morgan fingerprint density at radius 1 is 1.25 bits per heavy atom. The van der Waals surface area contributed by atoms with Gasteiger partial charge in [-0.2, -0.15) is 0 Å². The van der Waals surface area contributed by atoms with Crippen molar-refractivity contribution in [2.24, 2.45) is 0 Å². The molecule has 0 saturated heterocycles. The Morgan fingerprint density at radius 2 is 1.88 bits per heavy atom. The number of thioether (sulfide) groups is 1. The standard InChI is InChI=1S/C13H18O2S/c1-13(2,3)15-12(14)9-10-16-11-7-5-4-6-8-11/h4-8H,9-10H2,1-3H3. The maximum absolute atomic E-state index is 11.4. The van der Waals surface area contributed by atoms with Crippen molar-refractivity contribution in [1.29, 1.82) is 0 Å². The highest BCUT2D eigenvalue weighted by atomic mass is 32.2. The van der Waals surface area contributed by atoms with E-state index in [-0.39, 0.29) is 11.6 Å². The van der Waals surface area contributed by atoms with Gasteiger partial charge in [0.15, 0.2) is 0 Å². The Bertz CT molecular complexity index is 328. The Balaban J connectivity index is 2.24. The maximum atomic E-state index is 11.4.